The van der Waals surface area contributed by atoms with Gasteiger partial charge in [0.2, 0.25) is 11.8 Å². The number of anilines is 1. The van der Waals surface area contributed by atoms with Crippen LogP contribution in [0.3, 0.4) is 0 Å². The van der Waals surface area contributed by atoms with Crippen molar-refractivity contribution in [2.75, 3.05) is 12.4 Å². The zero-order valence-corrected chi connectivity index (χ0v) is 14.4. The Morgan fingerprint density at radius 2 is 1.96 bits per heavy atom. The third kappa shape index (κ3) is 3.65. The van der Waals surface area contributed by atoms with E-state index in [-0.39, 0.29) is 24.3 Å². The molecular formula is C20H22N2O3. The van der Waals surface area contributed by atoms with Crippen molar-refractivity contribution in [3.63, 3.8) is 0 Å². The van der Waals surface area contributed by atoms with Gasteiger partial charge in [-0.05, 0) is 35.7 Å². The van der Waals surface area contributed by atoms with E-state index in [1.54, 1.807) is 7.11 Å². The molecule has 0 spiro atoms. The summed E-state index contributed by atoms with van der Waals surface area (Å²) in [4.78, 5) is 24.8. The van der Waals surface area contributed by atoms with Gasteiger partial charge in [-0.1, -0.05) is 37.3 Å². The van der Waals surface area contributed by atoms with Gasteiger partial charge in [0.25, 0.3) is 0 Å². The van der Waals surface area contributed by atoms with Crippen molar-refractivity contribution in [1.29, 1.82) is 0 Å². The molecule has 3 rings (SSSR count). The van der Waals surface area contributed by atoms with Gasteiger partial charge in [-0.2, -0.15) is 0 Å². The maximum atomic E-state index is 12.9. The molecule has 0 saturated heterocycles. The molecule has 0 radical (unpaired) electrons. The Hall–Kier alpha value is -2.82. The molecule has 2 aromatic rings. The minimum absolute atomic E-state index is 0.101. The number of methoxy groups -OCH3 is 1. The summed E-state index contributed by atoms with van der Waals surface area (Å²) in [5, 5.41) is 5.92. The lowest BCUT2D eigenvalue weighted by atomic mass is 9.89. The summed E-state index contributed by atoms with van der Waals surface area (Å²) >= 11 is 0. The number of fused-ring (bicyclic) bond motifs is 1. The van der Waals surface area contributed by atoms with Crippen LogP contribution in [0.1, 0.15) is 42.9 Å². The van der Waals surface area contributed by atoms with Crippen molar-refractivity contribution in [3.8, 4) is 5.75 Å². The molecule has 0 fully saturated rings. The Morgan fingerprint density at radius 3 is 2.64 bits per heavy atom. The Kier molecular flexibility index (Phi) is 5.03. The van der Waals surface area contributed by atoms with E-state index in [9.17, 15) is 9.59 Å². The number of hydrogen-bond donors (Lipinski definition) is 2. The number of ether oxygens (including phenoxy) is 1. The SMILES string of the molecule is CC[C@@H](NC(=O)[C@H]1CC(=O)Nc2ccccc21)c1ccc(OC)cc1. The Bertz CT molecular complexity index is 771. The fourth-order valence-electron chi connectivity index (χ4n) is 3.17. The number of rotatable bonds is 5. The van der Waals surface area contributed by atoms with E-state index < -0.39 is 5.92 Å². The van der Waals surface area contributed by atoms with E-state index in [1.165, 1.54) is 0 Å². The lowest BCUT2D eigenvalue weighted by Gasteiger charge is -2.27. The molecule has 1 aliphatic rings. The highest BCUT2D eigenvalue weighted by molar-refractivity contribution is 6.01. The van der Waals surface area contributed by atoms with Crippen molar-refractivity contribution in [1.82, 2.24) is 5.32 Å². The van der Waals surface area contributed by atoms with Gasteiger partial charge in [0, 0.05) is 12.1 Å². The highest BCUT2D eigenvalue weighted by Gasteiger charge is 2.31. The molecule has 2 amide bonds. The average Bonchev–Trinajstić information content (AvgIpc) is 2.65. The summed E-state index contributed by atoms with van der Waals surface area (Å²) in [5.74, 6) is 0.0707. The lowest BCUT2D eigenvalue weighted by molar-refractivity contribution is -0.126. The highest BCUT2D eigenvalue weighted by atomic mass is 16.5. The van der Waals surface area contributed by atoms with Gasteiger partial charge in [0.15, 0.2) is 0 Å². The van der Waals surface area contributed by atoms with Crippen LogP contribution in [0.25, 0.3) is 0 Å². The Labute approximate surface area is 147 Å². The Morgan fingerprint density at radius 1 is 1.24 bits per heavy atom. The van der Waals surface area contributed by atoms with E-state index >= 15 is 0 Å². The number of carbonyl (C=O) groups excluding carboxylic acids is 2. The Balaban J connectivity index is 1.79. The van der Waals surface area contributed by atoms with E-state index in [0.717, 1.165) is 29.0 Å². The molecule has 1 heterocycles. The third-order valence-electron chi connectivity index (χ3n) is 4.56. The summed E-state index contributed by atoms with van der Waals surface area (Å²) in [7, 11) is 1.62. The maximum absolute atomic E-state index is 12.9. The number of hydrogen-bond acceptors (Lipinski definition) is 3. The molecule has 2 N–H and O–H groups in total. The van der Waals surface area contributed by atoms with Crippen LogP contribution in [0.5, 0.6) is 5.75 Å². The number of carbonyl (C=O) groups is 2. The van der Waals surface area contributed by atoms with E-state index in [4.69, 9.17) is 4.74 Å². The smallest absolute Gasteiger partial charge is 0.228 e. The van der Waals surface area contributed by atoms with Crippen molar-refractivity contribution in [2.45, 2.75) is 31.7 Å². The second-order valence-corrected chi connectivity index (χ2v) is 6.13. The van der Waals surface area contributed by atoms with Crippen LogP contribution in [-0.4, -0.2) is 18.9 Å². The largest absolute Gasteiger partial charge is 0.497 e. The number of amides is 2. The number of nitrogens with one attached hydrogen (secondary N) is 2. The van der Waals surface area contributed by atoms with E-state index in [0.29, 0.717) is 0 Å². The number of para-hydroxylation sites is 1. The van der Waals surface area contributed by atoms with Crippen LogP contribution < -0.4 is 15.4 Å². The molecule has 130 valence electrons. The molecule has 0 aliphatic carbocycles. The first-order chi connectivity index (χ1) is 12.1. The highest BCUT2D eigenvalue weighted by Crippen LogP contribution is 2.33. The predicted octanol–water partition coefficient (Wildman–Crippen LogP) is 3.39. The molecule has 0 unspecified atom stereocenters. The maximum Gasteiger partial charge on any atom is 0.228 e. The predicted molar refractivity (Wildman–Crippen MR) is 96.6 cm³/mol. The van der Waals surface area contributed by atoms with Crippen LogP contribution in [-0.2, 0) is 9.59 Å². The number of benzene rings is 2. The minimum atomic E-state index is -0.461. The fourth-order valence-corrected chi connectivity index (χ4v) is 3.17. The first-order valence-electron chi connectivity index (χ1n) is 8.45. The van der Waals surface area contributed by atoms with Crippen molar-refractivity contribution < 1.29 is 14.3 Å². The quantitative estimate of drug-likeness (QED) is 0.878. The molecule has 25 heavy (non-hydrogen) atoms. The van der Waals surface area contributed by atoms with Crippen LogP contribution in [0.4, 0.5) is 5.69 Å². The van der Waals surface area contributed by atoms with Gasteiger partial charge < -0.3 is 15.4 Å². The monoisotopic (exact) mass is 338 g/mol. The van der Waals surface area contributed by atoms with Crippen LogP contribution >= 0.6 is 0 Å². The lowest BCUT2D eigenvalue weighted by Crippen LogP contribution is -2.36. The van der Waals surface area contributed by atoms with Gasteiger partial charge >= 0.3 is 0 Å². The van der Waals surface area contributed by atoms with Gasteiger partial charge in [-0.25, -0.2) is 0 Å². The molecule has 0 aromatic heterocycles. The van der Waals surface area contributed by atoms with Crippen LogP contribution in [0.2, 0.25) is 0 Å². The molecule has 2 atom stereocenters. The minimum Gasteiger partial charge on any atom is -0.497 e. The molecule has 0 saturated carbocycles. The van der Waals surface area contributed by atoms with Gasteiger partial charge in [0.1, 0.15) is 5.75 Å². The summed E-state index contributed by atoms with van der Waals surface area (Å²) in [6, 6.07) is 15.0. The first kappa shape index (κ1) is 17.0. The molecule has 5 nitrogen and oxygen atoms in total. The second-order valence-electron chi connectivity index (χ2n) is 6.13. The molecule has 2 aromatic carbocycles. The van der Waals surface area contributed by atoms with Gasteiger partial charge in [-0.3, -0.25) is 9.59 Å². The molecule has 0 bridgehead atoms. The van der Waals surface area contributed by atoms with Gasteiger partial charge in [-0.15, -0.1) is 0 Å². The van der Waals surface area contributed by atoms with Crippen LogP contribution in [0.15, 0.2) is 48.5 Å². The first-order valence-corrected chi connectivity index (χ1v) is 8.45. The molecular weight excluding hydrogens is 316 g/mol. The van der Waals surface area contributed by atoms with Crippen molar-refractivity contribution in [2.24, 2.45) is 0 Å². The average molecular weight is 338 g/mol. The zero-order valence-electron chi connectivity index (χ0n) is 14.4. The standard InChI is InChI=1S/C20H22N2O3/c1-3-17(13-8-10-14(25-2)11-9-13)22-20(24)16-12-19(23)21-18-7-5-4-6-15(16)18/h4-11,16-17H,3,12H2,1-2H3,(H,21,23)(H,22,24)/t16-,17+/m0/s1. The van der Waals surface area contributed by atoms with E-state index in [2.05, 4.69) is 10.6 Å². The normalized spacial score (nSPS) is 17.2. The summed E-state index contributed by atoms with van der Waals surface area (Å²) in [6.07, 6.45) is 0.931. The summed E-state index contributed by atoms with van der Waals surface area (Å²) in [6.45, 7) is 2.02. The molecule has 5 heteroatoms. The molecule has 1 aliphatic heterocycles. The second kappa shape index (κ2) is 7.38. The van der Waals surface area contributed by atoms with E-state index in [1.807, 2.05) is 55.5 Å². The van der Waals surface area contributed by atoms with Crippen LogP contribution in [0, 0.1) is 0 Å². The summed E-state index contributed by atoms with van der Waals surface area (Å²) in [5.41, 5.74) is 2.60. The van der Waals surface area contributed by atoms with Crippen molar-refractivity contribution >= 4 is 17.5 Å². The van der Waals surface area contributed by atoms with Crippen molar-refractivity contribution in [3.05, 3.63) is 59.7 Å². The third-order valence-corrected chi connectivity index (χ3v) is 4.56. The summed E-state index contributed by atoms with van der Waals surface area (Å²) < 4.78 is 5.18. The van der Waals surface area contributed by atoms with Gasteiger partial charge in [0.05, 0.1) is 19.1 Å². The fraction of sp³-hybridized carbons (Fsp3) is 0.300. The topological polar surface area (TPSA) is 67.4 Å². The zero-order chi connectivity index (χ0) is 17.8.